The molecule has 3 heterocycles. The first-order chi connectivity index (χ1) is 21.2. The molecule has 3 atom stereocenters. The van der Waals surface area contributed by atoms with Crippen LogP contribution in [0.2, 0.25) is 0 Å². The molecule has 0 aliphatic carbocycles. The van der Waals surface area contributed by atoms with E-state index in [0.29, 0.717) is 49.4 Å². The van der Waals surface area contributed by atoms with Gasteiger partial charge in [0.25, 0.3) is 11.8 Å². The van der Waals surface area contributed by atoms with Crippen molar-refractivity contribution in [3.63, 3.8) is 0 Å². The topological polar surface area (TPSA) is 113 Å². The first-order valence-corrected chi connectivity index (χ1v) is 14.4. The maximum Gasteiger partial charge on any atom is 0.322 e. The molecule has 0 bridgehead atoms. The minimum Gasteiger partial charge on any atom is -0.486 e. The van der Waals surface area contributed by atoms with Gasteiger partial charge >= 0.3 is 5.92 Å². The van der Waals surface area contributed by atoms with Crippen LogP contribution in [0.25, 0.3) is 16.6 Å². The molecule has 12 heteroatoms. The second-order valence-electron chi connectivity index (χ2n) is 10.9. The minimum atomic E-state index is -3.52. The Bertz CT molecular complexity index is 1680. The highest BCUT2D eigenvalue weighted by Gasteiger charge is 2.35. The van der Waals surface area contributed by atoms with Crippen LogP contribution in [0, 0.1) is 0 Å². The highest BCUT2D eigenvalue weighted by atomic mass is 19.3. The molecule has 0 radical (unpaired) electrons. The zero-order valence-corrected chi connectivity index (χ0v) is 24.2. The summed E-state index contributed by atoms with van der Waals surface area (Å²) in [6.45, 7) is 3.59. The summed E-state index contributed by atoms with van der Waals surface area (Å²) < 4.78 is 51.3. The fourth-order valence-corrected chi connectivity index (χ4v) is 5.17. The second kappa shape index (κ2) is 12.1. The Hall–Kier alpha value is -4.71. The van der Waals surface area contributed by atoms with Crippen molar-refractivity contribution < 1.29 is 37.3 Å². The average molecular weight is 607 g/mol. The molecular weight excluding hydrogens is 574 g/mol. The van der Waals surface area contributed by atoms with Crippen molar-refractivity contribution in [1.82, 2.24) is 20.4 Å². The predicted molar refractivity (Wildman–Crippen MR) is 157 cm³/mol. The van der Waals surface area contributed by atoms with Crippen molar-refractivity contribution in [1.29, 1.82) is 0 Å². The molecule has 1 fully saturated rings. The van der Waals surface area contributed by atoms with Crippen LogP contribution in [0.5, 0.6) is 17.2 Å². The lowest BCUT2D eigenvalue weighted by molar-refractivity contribution is -0.146. The Morgan fingerprint density at radius 3 is 2.73 bits per heavy atom. The molecule has 1 unspecified atom stereocenters. The molecule has 2 N–H and O–H groups in total. The van der Waals surface area contributed by atoms with E-state index in [4.69, 9.17) is 18.9 Å². The third-order valence-electron chi connectivity index (χ3n) is 7.50. The monoisotopic (exact) mass is 606 g/mol. The summed E-state index contributed by atoms with van der Waals surface area (Å²) in [5.74, 6) is -3.68. The van der Waals surface area contributed by atoms with Crippen LogP contribution in [0.1, 0.15) is 48.7 Å². The lowest BCUT2D eigenvalue weighted by atomic mass is 10.1. The van der Waals surface area contributed by atoms with Gasteiger partial charge in [-0.1, -0.05) is 19.1 Å². The number of fused-ring (bicyclic) bond motifs is 2. The van der Waals surface area contributed by atoms with Crippen LogP contribution < -0.4 is 24.8 Å². The lowest BCUT2D eigenvalue weighted by Gasteiger charge is -2.28. The smallest absolute Gasteiger partial charge is 0.322 e. The van der Waals surface area contributed by atoms with E-state index in [1.165, 1.54) is 0 Å². The Kier molecular flexibility index (Phi) is 8.09. The van der Waals surface area contributed by atoms with Crippen molar-refractivity contribution in [2.75, 3.05) is 19.8 Å². The molecule has 3 aromatic carbocycles. The quantitative estimate of drug-likeness (QED) is 0.278. The molecule has 0 spiro atoms. The minimum absolute atomic E-state index is 0.0229. The van der Waals surface area contributed by atoms with Crippen LogP contribution in [0.15, 0.2) is 66.9 Å². The number of halogens is 2. The maximum absolute atomic E-state index is 13.2. The summed E-state index contributed by atoms with van der Waals surface area (Å²) in [5.41, 5.74) is 3.00. The largest absolute Gasteiger partial charge is 0.486 e. The van der Waals surface area contributed by atoms with Crippen LogP contribution in [0.4, 0.5) is 8.78 Å². The number of benzene rings is 3. The van der Waals surface area contributed by atoms with Crippen molar-refractivity contribution in [3.05, 3.63) is 78.0 Å². The molecule has 1 saturated heterocycles. The number of carbonyl (C=O) groups is 2. The van der Waals surface area contributed by atoms with Crippen molar-refractivity contribution in [2.24, 2.45) is 0 Å². The van der Waals surface area contributed by atoms with E-state index in [0.717, 1.165) is 28.6 Å². The Balaban J connectivity index is 1.14. The molecule has 2 aliphatic rings. The summed E-state index contributed by atoms with van der Waals surface area (Å²) >= 11 is 0. The van der Waals surface area contributed by atoms with E-state index < -0.39 is 18.1 Å². The van der Waals surface area contributed by atoms with E-state index >= 15 is 0 Å². The average Bonchev–Trinajstić information content (AvgIpc) is 3.69. The number of amides is 2. The van der Waals surface area contributed by atoms with E-state index in [1.807, 2.05) is 49.4 Å². The number of aromatic nitrogens is 2. The third-order valence-corrected chi connectivity index (χ3v) is 7.50. The van der Waals surface area contributed by atoms with Crippen LogP contribution in [0.3, 0.4) is 0 Å². The summed E-state index contributed by atoms with van der Waals surface area (Å²) in [7, 11) is 0. The fourth-order valence-electron chi connectivity index (χ4n) is 5.17. The van der Waals surface area contributed by atoms with Gasteiger partial charge in [0.05, 0.1) is 30.0 Å². The van der Waals surface area contributed by atoms with Crippen LogP contribution in [-0.2, 0) is 9.53 Å². The lowest BCUT2D eigenvalue weighted by Crippen LogP contribution is -2.50. The van der Waals surface area contributed by atoms with Crippen LogP contribution >= 0.6 is 0 Å². The van der Waals surface area contributed by atoms with Gasteiger partial charge in [-0.2, -0.15) is 13.9 Å². The Labute approximate surface area is 252 Å². The SMILES string of the molecule is CCC(Oc1ccc2c(cnn2-c2cccc(C(=O)N[C@@H]3CCOC3)c2)c1)c1ccc2c(c1)OC[C@@H](NC(=O)C(C)(F)F)O2. The van der Waals surface area contributed by atoms with Gasteiger partial charge < -0.3 is 29.6 Å². The normalized spacial score (nSPS) is 18.5. The first kappa shape index (κ1) is 29.4. The van der Waals surface area contributed by atoms with Crippen molar-refractivity contribution >= 4 is 22.7 Å². The maximum atomic E-state index is 13.2. The summed E-state index contributed by atoms with van der Waals surface area (Å²) in [6.07, 6.45) is 1.87. The zero-order valence-electron chi connectivity index (χ0n) is 24.2. The van der Waals surface area contributed by atoms with Gasteiger partial charge in [-0.3, -0.25) is 9.59 Å². The molecule has 4 aromatic rings. The molecule has 10 nitrogen and oxygen atoms in total. The standard InChI is InChI=1S/C32H32F2N4O6/c1-3-26(19-7-10-27-28(15-19)42-18-29(44-27)37-31(40)32(2,33)34)43-24-8-9-25-21(14-24)16-35-38(25)23-6-4-5-20(13-23)30(39)36-22-11-12-41-17-22/h4-10,13-16,22,26,29H,3,11-12,17-18H2,1-2H3,(H,36,39)(H,37,40)/t22-,26?,29+/m1/s1. The number of hydrogen-bond acceptors (Lipinski definition) is 7. The van der Waals surface area contributed by atoms with Gasteiger partial charge in [0, 0.05) is 24.5 Å². The van der Waals surface area contributed by atoms with Gasteiger partial charge in [-0.15, -0.1) is 0 Å². The second-order valence-corrected chi connectivity index (χ2v) is 10.9. The molecule has 2 aliphatic heterocycles. The number of carbonyl (C=O) groups excluding carboxylic acids is 2. The van der Waals surface area contributed by atoms with Crippen LogP contribution in [-0.4, -0.2) is 59.6 Å². The molecule has 44 heavy (non-hydrogen) atoms. The Morgan fingerprint density at radius 2 is 1.95 bits per heavy atom. The van der Waals surface area contributed by atoms with Gasteiger partial charge in [0.15, 0.2) is 11.5 Å². The van der Waals surface area contributed by atoms with Crippen molar-refractivity contribution in [3.8, 4) is 22.9 Å². The number of ether oxygens (including phenoxy) is 4. The highest BCUT2D eigenvalue weighted by molar-refractivity contribution is 5.95. The van der Waals surface area contributed by atoms with Gasteiger partial charge in [-0.25, -0.2) is 4.68 Å². The van der Waals surface area contributed by atoms with E-state index in [1.54, 1.807) is 29.1 Å². The molecule has 6 rings (SSSR count). The highest BCUT2D eigenvalue weighted by Crippen LogP contribution is 2.36. The number of alkyl halides is 2. The number of nitrogens with one attached hydrogen (secondary N) is 2. The third kappa shape index (κ3) is 6.30. The molecule has 230 valence electrons. The number of rotatable bonds is 9. The number of hydrogen-bond donors (Lipinski definition) is 2. The van der Waals surface area contributed by atoms with Gasteiger partial charge in [0.2, 0.25) is 6.23 Å². The molecular formula is C32H32F2N4O6. The van der Waals surface area contributed by atoms with Crippen molar-refractivity contribution in [2.45, 2.75) is 51.0 Å². The molecule has 0 saturated carbocycles. The predicted octanol–water partition coefficient (Wildman–Crippen LogP) is 4.94. The van der Waals surface area contributed by atoms with E-state index in [9.17, 15) is 18.4 Å². The molecule has 2 amide bonds. The van der Waals surface area contributed by atoms with Gasteiger partial charge in [0.1, 0.15) is 18.5 Å². The summed E-state index contributed by atoms with van der Waals surface area (Å²) in [5, 5.41) is 10.6. The Morgan fingerprint density at radius 1 is 1.09 bits per heavy atom. The summed E-state index contributed by atoms with van der Waals surface area (Å²) in [4.78, 5) is 24.4. The first-order valence-electron chi connectivity index (χ1n) is 14.4. The van der Waals surface area contributed by atoms with E-state index in [2.05, 4.69) is 15.7 Å². The molecule has 1 aromatic heterocycles. The zero-order chi connectivity index (χ0) is 30.8. The summed E-state index contributed by atoms with van der Waals surface area (Å²) in [6, 6.07) is 18.3. The van der Waals surface area contributed by atoms with Gasteiger partial charge in [-0.05, 0) is 66.9 Å². The number of nitrogens with zero attached hydrogens (tertiary/aromatic N) is 2. The van der Waals surface area contributed by atoms with E-state index in [-0.39, 0.29) is 24.7 Å². The fraction of sp³-hybridized carbons (Fsp3) is 0.344.